The second-order valence-corrected chi connectivity index (χ2v) is 8.53. The van der Waals surface area contributed by atoms with E-state index in [-0.39, 0.29) is 44.8 Å². The molecule has 0 aromatic rings. The van der Waals surface area contributed by atoms with Gasteiger partial charge >= 0.3 is 5.97 Å². The highest BCUT2D eigenvalue weighted by molar-refractivity contribution is 5.81. The maximum atomic E-state index is 12.5. The van der Waals surface area contributed by atoms with Crippen molar-refractivity contribution in [2.75, 3.05) is 98.5 Å². The summed E-state index contributed by atoms with van der Waals surface area (Å²) >= 11 is 0. The molecule has 0 heterocycles. The zero-order valence-electron chi connectivity index (χ0n) is 23.0. The molecule has 0 aliphatic rings. The third-order valence-electron chi connectivity index (χ3n) is 5.99. The molecule has 0 spiro atoms. The van der Waals surface area contributed by atoms with Gasteiger partial charge < -0.3 is 35.4 Å². The van der Waals surface area contributed by atoms with Gasteiger partial charge in [-0.05, 0) is 26.9 Å². The van der Waals surface area contributed by atoms with Crippen LogP contribution in [0.1, 0.15) is 27.7 Å². The number of rotatable bonds is 24. The van der Waals surface area contributed by atoms with E-state index in [2.05, 4.69) is 10.6 Å². The van der Waals surface area contributed by atoms with E-state index in [9.17, 15) is 19.5 Å². The molecule has 0 fully saturated rings. The van der Waals surface area contributed by atoms with Gasteiger partial charge in [-0.2, -0.15) is 0 Å². The lowest BCUT2D eigenvalue weighted by molar-refractivity contribution is -0.138. The molecule has 5 N–H and O–H groups in total. The first kappa shape index (κ1) is 35.1. The summed E-state index contributed by atoms with van der Waals surface area (Å²) in [6.45, 7) is 12.2. The number of aliphatic carboxylic acids is 1. The SMILES string of the molecule is CCN(CCN(CCN(CC)C(C)C(=O)NCCOCCO)CC(=O)O)C(C)C(=O)NCCOCCO. The number of carboxylic acid groups (broad SMARTS) is 1. The fraction of sp³-hybridized carbons (Fsp3) is 0.875. The van der Waals surface area contributed by atoms with Crippen LogP contribution in [0.4, 0.5) is 0 Å². The van der Waals surface area contributed by atoms with Crippen LogP contribution < -0.4 is 10.6 Å². The third kappa shape index (κ3) is 16.6. The van der Waals surface area contributed by atoms with Gasteiger partial charge in [0.15, 0.2) is 0 Å². The fourth-order valence-corrected chi connectivity index (χ4v) is 3.71. The van der Waals surface area contributed by atoms with Gasteiger partial charge in [0.25, 0.3) is 0 Å². The van der Waals surface area contributed by atoms with Crippen molar-refractivity contribution in [3.63, 3.8) is 0 Å². The normalized spacial score (nSPS) is 13.2. The Bertz CT molecular complexity index is 584. The maximum Gasteiger partial charge on any atom is 0.317 e. The Hall–Kier alpha value is -1.87. The van der Waals surface area contributed by atoms with Crippen molar-refractivity contribution in [2.24, 2.45) is 0 Å². The summed E-state index contributed by atoms with van der Waals surface area (Å²) in [6.07, 6.45) is 0. The van der Waals surface area contributed by atoms with Crippen LogP contribution in [0.3, 0.4) is 0 Å². The number of carbonyl (C=O) groups excluding carboxylic acids is 2. The van der Waals surface area contributed by atoms with E-state index in [1.807, 2.05) is 42.4 Å². The highest BCUT2D eigenvalue weighted by Crippen LogP contribution is 2.03. The van der Waals surface area contributed by atoms with Gasteiger partial charge in [-0.1, -0.05) is 13.8 Å². The van der Waals surface area contributed by atoms with E-state index < -0.39 is 18.1 Å². The zero-order chi connectivity index (χ0) is 28.1. The minimum absolute atomic E-state index is 0.0650. The van der Waals surface area contributed by atoms with Crippen LogP contribution in [-0.2, 0) is 23.9 Å². The number of nitrogens with one attached hydrogen (secondary N) is 2. The molecule has 0 aliphatic heterocycles. The van der Waals surface area contributed by atoms with E-state index in [4.69, 9.17) is 19.7 Å². The molecule has 0 aromatic heterocycles. The van der Waals surface area contributed by atoms with Gasteiger partial charge in [-0.3, -0.25) is 29.1 Å². The van der Waals surface area contributed by atoms with Crippen molar-refractivity contribution in [1.82, 2.24) is 25.3 Å². The molecular formula is C24H49N5O8. The number of carboxylic acids is 1. The standard InChI is InChI=1S/C24H49N5O8/c1-5-28(20(3)23(34)25-7-15-36-17-13-30)11-9-27(19-22(32)33)10-12-29(6-2)21(4)24(35)26-8-16-37-18-14-31/h20-21,30-31H,5-19H2,1-4H3,(H,25,34)(H,26,35)(H,32,33). The molecule has 2 unspecified atom stereocenters. The monoisotopic (exact) mass is 535 g/mol. The number of ether oxygens (including phenoxy) is 2. The van der Waals surface area contributed by atoms with E-state index in [0.29, 0.717) is 65.6 Å². The van der Waals surface area contributed by atoms with Crippen LogP contribution in [0.2, 0.25) is 0 Å². The Kier molecular flexibility index (Phi) is 21.0. The Morgan fingerprint density at radius 3 is 1.46 bits per heavy atom. The smallest absolute Gasteiger partial charge is 0.317 e. The van der Waals surface area contributed by atoms with E-state index in [1.54, 1.807) is 0 Å². The van der Waals surface area contributed by atoms with E-state index >= 15 is 0 Å². The first-order valence-corrected chi connectivity index (χ1v) is 13.1. The summed E-state index contributed by atoms with van der Waals surface area (Å²) in [5.74, 6) is -1.22. The maximum absolute atomic E-state index is 12.5. The molecule has 0 radical (unpaired) electrons. The molecule has 218 valence electrons. The molecular weight excluding hydrogens is 486 g/mol. The lowest BCUT2D eigenvalue weighted by atomic mass is 10.2. The third-order valence-corrected chi connectivity index (χ3v) is 5.99. The highest BCUT2D eigenvalue weighted by Gasteiger charge is 2.23. The molecule has 0 saturated heterocycles. The number of hydrogen-bond donors (Lipinski definition) is 5. The van der Waals surface area contributed by atoms with Gasteiger partial charge in [0, 0.05) is 39.3 Å². The summed E-state index contributed by atoms with van der Waals surface area (Å²) < 4.78 is 10.3. The summed E-state index contributed by atoms with van der Waals surface area (Å²) in [4.78, 5) is 42.2. The van der Waals surface area contributed by atoms with Crippen molar-refractivity contribution >= 4 is 17.8 Å². The van der Waals surface area contributed by atoms with Gasteiger partial charge in [0.1, 0.15) is 0 Å². The highest BCUT2D eigenvalue weighted by atomic mass is 16.5. The summed E-state index contributed by atoms with van der Waals surface area (Å²) in [7, 11) is 0. The molecule has 0 saturated carbocycles. The number of carbonyl (C=O) groups is 3. The number of aliphatic hydroxyl groups excluding tert-OH is 2. The van der Waals surface area contributed by atoms with Crippen LogP contribution in [0.15, 0.2) is 0 Å². The largest absolute Gasteiger partial charge is 0.480 e. The average molecular weight is 536 g/mol. The lowest BCUT2D eigenvalue weighted by Crippen LogP contribution is -2.50. The second-order valence-electron chi connectivity index (χ2n) is 8.53. The van der Waals surface area contributed by atoms with Crippen molar-refractivity contribution in [2.45, 2.75) is 39.8 Å². The molecule has 0 aromatic carbocycles. The van der Waals surface area contributed by atoms with E-state index in [1.165, 1.54) is 0 Å². The predicted molar refractivity (Wildman–Crippen MR) is 139 cm³/mol. The number of aliphatic hydroxyl groups is 2. The van der Waals surface area contributed by atoms with Gasteiger partial charge in [0.2, 0.25) is 11.8 Å². The minimum Gasteiger partial charge on any atom is -0.480 e. The van der Waals surface area contributed by atoms with Crippen LogP contribution in [0.5, 0.6) is 0 Å². The Labute approximate surface area is 221 Å². The van der Waals surface area contributed by atoms with Gasteiger partial charge in [0.05, 0.1) is 58.3 Å². The van der Waals surface area contributed by atoms with Crippen molar-refractivity contribution < 1.29 is 39.2 Å². The molecule has 13 nitrogen and oxygen atoms in total. The average Bonchev–Trinajstić information content (AvgIpc) is 2.87. The second kappa shape index (κ2) is 22.1. The number of amides is 2. The first-order valence-electron chi connectivity index (χ1n) is 13.1. The topological polar surface area (TPSA) is 164 Å². The van der Waals surface area contributed by atoms with Crippen LogP contribution in [0.25, 0.3) is 0 Å². The van der Waals surface area contributed by atoms with Gasteiger partial charge in [-0.15, -0.1) is 0 Å². The summed E-state index contributed by atoms with van der Waals surface area (Å²) in [5, 5.41) is 32.5. The Morgan fingerprint density at radius 2 is 1.14 bits per heavy atom. The first-order chi connectivity index (χ1) is 17.7. The van der Waals surface area contributed by atoms with Gasteiger partial charge in [-0.25, -0.2) is 0 Å². The molecule has 37 heavy (non-hydrogen) atoms. The molecule has 0 bridgehead atoms. The number of hydrogen-bond acceptors (Lipinski definition) is 10. The Morgan fingerprint density at radius 1 is 0.730 bits per heavy atom. The zero-order valence-corrected chi connectivity index (χ0v) is 23.0. The minimum atomic E-state index is -0.937. The predicted octanol–water partition coefficient (Wildman–Crippen LogP) is -1.96. The van der Waals surface area contributed by atoms with E-state index in [0.717, 1.165) is 0 Å². The van der Waals surface area contributed by atoms with Crippen LogP contribution in [-0.4, -0.2) is 158 Å². The quantitative estimate of drug-likeness (QED) is 0.0872. The molecule has 0 rings (SSSR count). The Balaban J connectivity index is 4.77. The molecule has 2 atom stereocenters. The van der Waals surface area contributed by atoms with Crippen molar-refractivity contribution in [3.05, 3.63) is 0 Å². The number of likely N-dealkylation sites (N-methyl/N-ethyl adjacent to an activating group) is 2. The summed E-state index contributed by atoms with van der Waals surface area (Å²) in [5.41, 5.74) is 0. The fourth-order valence-electron chi connectivity index (χ4n) is 3.71. The number of nitrogens with zero attached hydrogens (tertiary/aromatic N) is 3. The van der Waals surface area contributed by atoms with Crippen molar-refractivity contribution in [3.8, 4) is 0 Å². The van der Waals surface area contributed by atoms with Crippen LogP contribution in [0, 0.1) is 0 Å². The molecule has 0 aliphatic carbocycles. The van der Waals surface area contributed by atoms with Crippen LogP contribution >= 0.6 is 0 Å². The lowest BCUT2D eigenvalue weighted by Gasteiger charge is -2.32. The molecule has 13 heteroatoms. The molecule has 2 amide bonds. The summed E-state index contributed by atoms with van der Waals surface area (Å²) in [6, 6.07) is -0.793. The van der Waals surface area contributed by atoms with Crippen molar-refractivity contribution in [1.29, 1.82) is 0 Å².